The number of imide groups is 1. The largest absolute Gasteiger partial charge is 0.369 e. The van der Waals surface area contributed by atoms with Crippen molar-refractivity contribution >= 4 is 50.6 Å². The SMILES string of the molecule is Cc1cc2c(cc1/C=C1\SC(=O)N(Cc3ccc(Br)cc3)C1=O)[C@H](C)CC(C)(C)N2C. The molecule has 0 N–H and O–H groups in total. The van der Waals surface area contributed by atoms with Crippen molar-refractivity contribution in [1.29, 1.82) is 0 Å². The average molecular weight is 499 g/mol. The van der Waals surface area contributed by atoms with Crippen LogP contribution in [-0.4, -0.2) is 28.6 Å². The molecule has 6 heteroatoms. The highest BCUT2D eigenvalue weighted by Crippen LogP contribution is 2.44. The third kappa shape index (κ3) is 4.20. The lowest BCUT2D eigenvalue weighted by atomic mass is 9.79. The Bertz CT molecular complexity index is 1090. The summed E-state index contributed by atoms with van der Waals surface area (Å²) in [6.45, 7) is 9.17. The summed E-state index contributed by atoms with van der Waals surface area (Å²) in [7, 11) is 2.15. The molecule has 0 unspecified atom stereocenters. The van der Waals surface area contributed by atoms with Gasteiger partial charge in [0.2, 0.25) is 0 Å². The van der Waals surface area contributed by atoms with Gasteiger partial charge in [-0.15, -0.1) is 0 Å². The quantitative estimate of drug-likeness (QED) is 0.440. The van der Waals surface area contributed by atoms with Gasteiger partial charge in [-0.05, 0) is 97.5 Å². The van der Waals surface area contributed by atoms with Crippen molar-refractivity contribution in [3.63, 3.8) is 0 Å². The molecule has 162 valence electrons. The molecular weight excluding hydrogens is 472 g/mol. The van der Waals surface area contributed by atoms with Gasteiger partial charge in [0.25, 0.3) is 11.1 Å². The second-order valence-electron chi connectivity index (χ2n) is 9.14. The molecule has 1 atom stereocenters. The van der Waals surface area contributed by atoms with Gasteiger partial charge >= 0.3 is 0 Å². The predicted octanol–water partition coefficient (Wildman–Crippen LogP) is 6.72. The van der Waals surface area contributed by atoms with Crippen LogP contribution in [0.5, 0.6) is 0 Å². The number of halogens is 1. The number of hydrogen-bond donors (Lipinski definition) is 0. The van der Waals surface area contributed by atoms with Crippen molar-refractivity contribution in [3.8, 4) is 0 Å². The van der Waals surface area contributed by atoms with Crippen LogP contribution >= 0.6 is 27.7 Å². The lowest BCUT2D eigenvalue weighted by Gasteiger charge is -2.45. The van der Waals surface area contributed by atoms with Gasteiger partial charge in [-0.3, -0.25) is 14.5 Å². The van der Waals surface area contributed by atoms with E-state index in [0.717, 1.165) is 39.3 Å². The van der Waals surface area contributed by atoms with E-state index in [4.69, 9.17) is 0 Å². The second kappa shape index (κ2) is 8.14. The van der Waals surface area contributed by atoms with Crippen molar-refractivity contribution in [2.45, 2.75) is 52.1 Å². The first-order valence-corrected chi connectivity index (χ1v) is 12.1. The number of hydrogen-bond acceptors (Lipinski definition) is 4. The van der Waals surface area contributed by atoms with Crippen LogP contribution in [0.1, 0.15) is 55.4 Å². The van der Waals surface area contributed by atoms with Crippen LogP contribution in [0.25, 0.3) is 6.08 Å². The Labute approximate surface area is 196 Å². The van der Waals surface area contributed by atoms with Crippen LogP contribution in [-0.2, 0) is 11.3 Å². The highest BCUT2D eigenvalue weighted by atomic mass is 79.9. The van der Waals surface area contributed by atoms with E-state index in [1.807, 2.05) is 30.3 Å². The fourth-order valence-electron chi connectivity index (χ4n) is 4.44. The van der Waals surface area contributed by atoms with Gasteiger partial charge in [0, 0.05) is 22.7 Å². The summed E-state index contributed by atoms with van der Waals surface area (Å²) < 4.78 is 0.969. The number of aryl methyl sites for hydroxylation is 1. The first-order valence-electron chi connectivity index (χ1n) is 10.4. The second-order valence-corrected chi connectivity index (χ2v) is 11.0. The average Bonchev–Trinajstić information content (AvgIpc) is 2.96. The molecule has 2 aliphatic rings. The Kier molecular flexibility index (Phi) is 5.81. The first kappa shape index (κ1) is 22.2. The third-order valence-corrected chi connectivity index (χ3v) is 7.87. The van der Waals surface area contributed by atoms with Crippen molar-refractivity contribution in [2.75, 3.05) is 11.9 Å². The van der Waals surface area contributed by atoms with E-state index < -0.39 is 0 Å². The molecule has 2 amide bonds. The summed E-state index contributed by atoms with van der Waals surface area (Å²) in [5.74, 6) is 0.211. The molecule has 1 fully saturated rings. The molecule has 0 aliphatic carbocycles. The summed E-state index contributed by atoms with van der Waals surface area (Å²) in [5.41, 5.74) is 5.70. The van der Waals surface area contributed by atoms with Gasteiger partial charge in [-0.1, -0.05) is 35.0 Å². The van der Waals surface area contributed by atoms with E-state index in [9.17, 15) is 9.59 Å². The number of thioether (sulfide) groups is 1. The van der Waals surface area contributed by atoms with Crippen molar-refractivity contribution in [1.82, 2.24) is 4.90 Å². The van der Waals surface area contributed by atoms with Gasteiger partial charge in [-0.25, -0.2) is 0 Å². The highest BCUT2D eigenvalue weighted by Gasteiger charge is 2.36. The van der Waals surface area contributed by atoms with Crippen LogP contribution in [0.15, 0.2) is 45.8 Å². The zero-order valence-electron chi connectivity index (χ0n) is 18.5. The summed E-state index contributed by atoms with van der Waals surface area (Å²) in [4.78, 5) is 29.7. The molecule has 4 nitrogen and oxygen atoms in total. The van der Waals surface area contributed by atoms with Gasteiger partial charge < -0.3 is 4.90 Å². The molecular formula is C25H27BrN2O2S. The maximum Gasteiger partial charge on any atom is 0.293 e. The van der Waals surface area contributed by atoms with E-state index in [1.165, 1.54) is 16.2 Å². The Balaban J connectivity index is 1.63. The molecule has 2 aromatic carbocycles. The molecule has 4 rings (SSSR count). The monoisotopic (exact) mass is 498 g/mol. The molecule has 0 aromatic heterocycles. The first-order chi connectivity index (χ1) is 14.6. The number of nitrogens with zero attached hydrogens (tertiary/aromatic N) is 2. The maximum absolute atomic E-state index is 13.0. The zero-order valence-corrected chi connectivity index (χ0v) is 20.9. The lowest BCUT2D eigenvalue weighted by molar-refractivity contribution is -0.123. The molecule has 0 saturated carbocycles. The Morgan fingerprint density at radius 2 is 1.87 bits per heavy atom. The minimum absolute atomic E-state index is 0.107. The Hall–Kier alpha value is -2.05. The molecule has 2 heterocycles. The smallest absolute Gasteiger partial charge is 0.293 e. The summed E-state index contributed by atoms with van der Waals surface area (Å²) in [6.07, 6.45) is 2.96. The minimum atomic E-state index is -0.221. The number of anilines is 1. The zero-order chi connectivity index (χ0) is 22.5. The molecule has 2 aliphatic heterocycles. The van der Waals surface area contributed by atoms with E-state index in [-0.39, 0.29) is 23.2 Å². The van der Waals surface area contributed by atoms with Crippen LogP contribution in [0, 0.1) is 6.92 Å². The number of carbonyl (C=O) groups excluding carboxylic acids is 2. The van der Waals surface area contributed by atoms with E-state index >= 15 is 0 Å². The number of amides is 2. The third-order valence-electron chi connectivity index (χ3n) is 6.44. The number of benzene rings is 2. The lowest BCUT2D eigenvalue weighted by Crippen LogP contribution is -2.45. The summed E-state index contributed by atoms with van der Waals surface area (Å²) >= 11 is 4.44. The van der Waals surface area contributed by atoms with Gasteiger partial charge in [0.15, 0.2) is 0 Å². The van der Waals surface area contributed by atoms with Crippen molar-refractivity contribution < 1.29 is 9.59 Å². The van der Waals surface area contributed by atoms with Crippen molar-refractivity contribution in [2.24, 2.45) is 0 Å². The molecule has 1 saturated heterocycles. The Morgan fingerprint density at radius 1 is 1.19 bits per heavy atom. The summed E-state index contributed by atoms with van der Waals surface area (Å²) in [6, 6.07) is 12.1. The number of rotatable bonds is 3. The minimum Gasteiger partial charge on any atom is -0.369 e. The van der Waals surface area contributed by atoms with Crippen LogP contribution in [0.2, 0.25) is 0 Å². The van der Waals surface area contributed by atoms with E-state index in [2.05, 4.69) is 67.7 Å². The summed E-state index contributed by atoms with van der Waals surface area (Å²) in [5, 5.41) is -0.218. The van der Waals surface area contributed by atoms with Gasteiger partial charge in [-0.2, -0.15) is 0 Å². The van der Waals surface area contributed by atoms with Gasteiger partial charge in [0.05, 0.1) is 11.4 Å². The topological polar surface area (TPSA) is 40.6 Å². The Morgan fingerprint density at radius 3 is 2.55 bits per heavy atom. The molecule has 0 spiro atoms. The number of fused-ring (bicyclic) bond motifs is 1. The molecule has 2 aromatic rings. The molecule has 0 bridgehead atoms. The normalized spacial score (nSPS) is 21.7. The fraction of sp³-hybridized carbons (Fsp3) is 0.360. The van der Waals surface area contributed by atoms with E-state index in [0.29, 0.717) is 10.8 Å². The predicted molar refractivity (Wildman–Crippen MR) is 132 cm³/mol. The van der Waals surface area contributed by atoms with Gasteiger partial charge in [0.1, 0.15) is 0 Å². The fourth-order valence-corrected chi connectivity index (χ4v) is 5.53. The van der Waals surface area contributed by atoms with Crippen LogP contribution < -0.4 is 4.90 Å². The van der Waals surface area contributed by atoms with Crippen LogP contribution in [0.3, 0.4) is 0 Å². The maximum atomic E-state index is 13.0. The standard InChI is InChI=1S/C25H27BrN2O2S/c1-15-10-21-20(16(2)13-25(3,4)27(21)5)11-18(15)12-22-23(29)28(24(30)31-22)14-17-6-8-19(26)9-7-17/h6-12,16H,13-14H2,1-5H3/b22-12-/t16-/m1/s1. The number of carbonyl (C=O) groups is 2. The van der Waals surface area contributed by atoms with Crippen LogP contribution in [0.4, 0.5) is 10.5 Å². The van der Waals surface area contributed by atoms with Crippen molar-refractivity contribution in [3.05, 3.63) is 68.0 Å². The molecule has 31 heavy (non-hydrogen) atoms. The highest BCUT2D eigenvalue weighted by molar-refractivity contribution is 9.10. The molecule has 0 radical (unpaired) electrons. The van der Waals surface area contributed by atoms with E-state index in [1.54, 1.807) is 0 Å².